The molecule has 2 aliphatic rings. The third-order valence-electron chi connectivity index (χ3n) is 3.64. The van der Waals surface area contributed by atoms with E-state index in [1.165, 1.54) is 25.7 Å². The van der Waals surface area contributed by atoms with E-state index in [2.05, 4.69) is 15.3 Å². The fourth-order valence-corrected chi connectivity index (χ4v) is 2.90. The smallest absolute Gasteiger partial charge is 0.161 e. The van der Waals surface area contributed by atoms with Crippen LogP contribution in [0.2, 0.25) is 5.15 Å². The molecule has 2 fully saturated rings. The molecule has 1 unspecified atom stereocenters. The van der Waals surface area contributed by atoms with Gasteiger partial charge in [0.25, 0.3) is 0 Å². The lowest BCUT2D eigenvalue weighted by Gasteiger charge is -2.15. The van der Waals surface area contributed by atoms with Gasteiger partial charge in [0.2, 0.25) is 0 Å². The van der Waals surface area contributed by atoms with Crippen LogP contribution in [0.4, 0.5) is 5.82 Å². The number of hydrogen-bond acceptors (Lipinski definition) is 4. The minimum Gasteiger partial charge on any atom is -0.370 e. The van der Waals surface area contributed by atoms with Crippen LogP contribution >= 0.6 is 11.6 Å². The van der Waals surface area contributed by atoms with Crippen molar-refractivity contribution in [3.63, 3.8) is 0 Å². The van der Waals surface area contributed by atoms with E-state index in [1.807, 2.05) is 0 Å². The first-order chi connectivity index (χ1) is 8.81. The Labute approximate surface area is 112 Å². The van der Waals surface area contributed by atoms with Gasteiger partial charge in [-0.05, 0) is 25.7 Å². The van der Waals surface area contributed by atoms with E-state index in [0.717, 1.165) is 31.1 Å². The van der Waals surface area contributed by atoms with Gasteiger partial charge >= 0.3 is 0 Å². The molecular formula is C13H18ClN3O. The highest BCUT2D eigenvalue weighted by Crippen LogP contribution is 2.28. The summed E-state index contributed by atoms with van der Waals surface area (Å²) >= 11 is 6.07. The molecule has 3 rings (SSSR count). The lowest BCUT2D eigenvalue weighted by atomic mass is 10.2. The summed E-state index contributed by atoms with van der Waals surface area (Å²) in [6.45, 7) is 0.798. The van der Waals surface area contributed by atoms with Gasteiger partial charge in [0, 0.05) is 18.7 Å². The first kappa shape index (κ1) is 12.2. The molecule has 0 radical (unpaired) electrons. The highest BCUT2D eigenvalue weighted by Gasteiger charge is 2.22. The van der Waals surface area contributed by atoms with E-state index in [9.17, 15) is 0 Å². The third-order valence-corrected chi connectivity index (χ3v) is 3.83. The number of rotatable bonds is 3. The van der Waals surface area contributed by atoms with Crippen molar-refractivity contribution in [1.82, 2.24) is 9.97 Å². The molecule has 0 aromatic carbocycles. The monoisotopic (exact) mass is 267 g/mol. The van der Waals surface area contributed by atoms with Crippen LogP contribution in [0.1, 0.15) is 50.5 Å². The summed E-state index contributed by atoms with van der Waals surface area (Å²) in [5, 5.41) is 3.95. The Morgan fingerprint density at radius 2 is 2.00 bits per heavy atom. The van der Waals surface area contributed by atoms with Crippen LogP contribution in [0.25, 0.3) is 0 Å². The van der Waals surface area contributed by atoms with Gasteiger partial charge in [-0.3, -0.25) is 0 Å². The van der Waals surface area contributed by atoms with E-state index >= 15 is 0 Å². The second-order valence-electron chi connectivity index (χ2n) is 5.06. The number of anilines is 1. The van der Waals surface area contributed by atoms with Gasteiger partial charge in [-0.15, -0.1) is 0 Å². The highest BCUT2D eigenvalue weighted by atomic mass is 35.5. The first-order valence-electron chi connectivity index (χ1n) is 6.74. The highest BCUT2D eigenvalue weighted by molar-refractivity contribution is 6.29. The number of ether oxygens (including phenoxy) is 1. The zero-order valence-corrected chi connectivity index (χ0v) is 11.1. The average molecular weight is 268 g/mol. The Bertz CT molecular complexity index is 415. The second-order valence-corrected chi connectivity index (χ2v) is 5.45. The molecular weight excluding hydrogens is 250 g/mol. The van der Waals surface area contributed by atoms with E-state index in [0.29, 0.717) is 11.2 Å². The first-order valence-corrected chi connectivity index (χ1v) is 7.12. The minimum atomic E-state index is 0.0211. The molecule has 0 spiro atoms. The minimum absolute atomic E-state index is 0.0211. The van der Waals surface area contributed by atoms with Crippen molar-refractivity contribution in [3.8, 4) is 0 Å². The molecule has 2 heterocycles. The molecule has 1 saturated carbocycles. The zero-order valence-electron chi connectivity index (χ0n) is 10.4. The van der Waals surface area contributed by atoms with Crippen LogP contribution in [0.3, 0.4) is 0 Å². The molecule has 98 valence electrons. The lowest BCUT2D eigenvalue weighted by molar-refractivity contribution is 0.105. The Morgan fingerprint density at radius 3 is 2.72 bits per heavy atom. The molecule has 0 bridgehead atoms. The van der Waals surface area contributed by atoms with Crippen molar-refractivity contribution in [2.45, 2.75) is 50.7 Å². The van der Waals surface area contributed by atoms with Gasteiger partial charge in [-0.2, -0.15) is 0 Å². The summed E-state index contributed by atoms with van der Waals surface area (Å²) in [6, 6.07) is 2.34. The summed E-state index contributed by atoms with van der Waals surface area (Å²) in [5.41, 5.74) is 0. The van der Waals surface area contributed by atoms with E-state index in [1.54, 1.807) is 6.07 Å². The van der Waals surface area contributed by atoms with E-state index in [-0.39, 0.29) is 6.10 Å². The maximum Gasteiger partial charge on any atom is 0.161 e. The van der Waals surface area contributed by atoms with E-state index in [4.69, 9.17) is 16.3 Å². The number of nitrogens with zero attached hydrogens (tertiary/aromatic N) is 2. The van der Waals surface area contributed by atoms with Gasteiger partial charge in [0.1, 0.15) is 17.1 Å². The summed E-state index contributed by atoms with van der Waals surface area (Å²) in [4.78, 5) is 8.83. The maximum atomic E-state index is 6.07. The van der Waals surface area contributed by atoms with Crippen molar-refractivity contribution in [3.05, 3.63) is 17.0 Å². The quantitative estimate of drug-likeness (QED) is 0.854. The number of halogens is 1. The number of nitrogens with one attached hydrogen (secondary N) is 1. The molecule has 4 nitrogen and oxygen atoms in total. The molecule has 1 saturated heterocycles. The van der Waals surface area contributed by atoms with Crippen LogP contribution in [0.5, 0.6) is 0 Å². The second kappa shape index (κ2) is 5.41. The Hall–Kier alpha value is -0.870. The van der Waals surface area contributed by atoms with Crippen LogP contribution in [-0.2, 0) is 4.74 Å². The van der Waals surface area contributed by atoms with Crippen LogP contribution < -0.4 is 5.32 Å². The van der Waals surface area contributed by atoms with Crippen molar-refractivity contribution in [2.24, 2.45) is 0 Å². The molecule has 1 atom stereocenters. The van der Waals surface area contributed by atoms with Crippen molar-refractivity contribution in [2.75, 3.05) is 11.9 Å². The van der Waals surface area contributed by atoms with Gasteiger partial charge in [0.15, 0.2) is 5.82 Å². The van der Waals surface area contributed by atoms with Crippen molar-refractivity contribution < 1.29 is 4.74 Å². The fourth-order valence-electron chi connectivity index (χ4n) is 2.71. The molecule has 1 aliphatic heterocycles. The number of hydrogen-bond donors (Lipinski definition) is 1. The van der Waals surface area contributed by atoms with Crippen LogP contribution in [0.15, 0.2) is 6.07 Å². The molecule has 18 heavy (non-hydrogen) atoms. The van der Waals surface area contributed by atoms with Gasteiger partial charge in [0.05, 0.1) is 0 Å². The van der Waals surface area contributed by atoms with Crippen molar-refractivity contribution in [1.29, 1.82) is 0 Å². The molecule has 1 aliphatic carbocycles. The summed E-state index contributed by atoms with van der Waals surface area (Å²) in [6.07, 6.45) is 7.13. The van der Waals surface area contributed by atoms with Gasteiger partial charge in [-0.25, -0.2) is 9.97 Å². The normalized spacial score (nSPS) is 24.6. The largest absolute Gasteiger partial charge is 0.370 e. The Kier molecular flexibility index (Phi) is 3.66. The maximum absolute atomic E-state index is 6.07. The fraction of sp³-hybridized carbons (Fsp3) is 0.692. The summed E-state index contributed by atoms with van der Waals surface area (Å²) < 4.78 is 5.61. The molecule has 1 aromatic heterocycles. The molecule has 1 aromatic rings. The average Bonchev–Trinajstić information content (AvgIpc) is 3.00. The SMILES string of the molecule is Clc1cc(NC2CCCC2)nc(C2CCCO2)n1. The van der Waals surface area contributed by atoms with Gasteiger partial charge < -0.3 is 10.1 Å². The van der Waals surface area contributed by atoms with E-state index < -0.39 is 0 Å². The van der Waals surface area contributed by atoms with Crippen molar-refractivity contribution >= 4 is 17.4 Å². The van der Waals surface area contributed by atoms with Crippen LogP contribution in [-0.4, -0.2) is 22.6 Å². The summed E-state index contributed by atoms with van der Waals surface area (Å²) in [5.74, 6) is 1.56. The predicted molar refractivity (Wildman–Crippen MR) is 70.8 cm³/mol. The molecule has 5 heteroatoms. The molecule has 1 N–H and O–H groups in total. The molecule has 0 amide bonds. The topological polar surface area (TPSA) is 47.0 Å². The summed E-state index contributed by atoms with van der Waals surface area (Å²) in [7, 11) is 0. The van der Waals surface area contributed by atoms with Crippen LogP contribution in [0, 0.1) is 0 Å². The zero-order chi connectivity index (χ0) is 12.4. The van der Waals surface area contributed by atoms with Gasteiger partial charge in [-0.1, -0.05) is 24.4 Å². The Morgan fingerprint density at radius 1 is 1.17 bits per heavy atom. The third kappa shape index (κ3) is 2.75. The number of aromatic nitrogens is 2. The Balaban J connectivity index is 1.76. The predicted octanol–water partition coefficient (Wildman–Crippen LogP) is 3.34. The lowest BCUT2D eigenvalue weighted by Crippen LogP contribution is -2.17. The standard InChI is InChI=1S/C13H18ClN3O/c14-11-8-12(15-9-4-1-2-5-9)17-13(16-11)10-6-3-7-18-10/h8-10H,1-7H2,(H,15,16,17).